The maximum absolute atomic E-state index is 11.4. The molecule has 1 rings (SSSR count). The molecule has 0 aliphatic heterocycles. The highest BCUT2D eigenvalue weighted by Gasteiger charge is 2.36. The van der Waals surface area contributed by atoms with Crippen LogP contribution < -0.4 is 5.73 Å². The van der Waals surface area contributed by atoms with E-state index >= 15 is 0 Å². The van der Waals surface area contributed by atoms with Crippen molar-refractivity contribution in [1.29, 1.82) is 0 Å². The fourth-order valence-electron chi connectivity index (χ4n) is 1.87. The first kappa shape index (κ1) is 13.0. The van der Waals surface area contributed by atoms with Gasteiger partial charge in [-0.1, -0.05) is 25.5 Å². The van der Waals surface area contributed by atoms with Crippen LogP contribution in [0.3, 0.4) is 0 Å². The molecule has 0 radical (unpaired) electrons. The number of para-hydroxylation sites is 1. The smallest absolute Gasteiger partial charge is 0.313 e. The number of nitrogens with two attached hydrogens (primary N) is 1. The number of halogens is 1. The quantitative estimate of drug-likeness (QED) is 0.836. The second-order valence-electron chi connectivity index (χ2n) is 4.09. The maximum Gasteiger partial charge on any atom is 0.313 e. The number of carbonyl (C=O) groups is 1. The highest BCUT2D eigenvalue weighted by molar-refractivity contribution is 9.10. The standard InChI is InChI=1S/C12H16BrNO2/c1-3-7-12(2,11(15)16)8-5-4-6-9(13)10(8)14/h4-6H,3,7,14H2,1-2H3,(H,15,16). The first-order chi connectivity index (χ1) is 7.43. The first-order valence-corrected chi connectivity index (χ1v) is 6.00. The van der Waals surface area contributed by atoms with Crippen LogP contribution in [0, 0.1) is 0 Å². The molecule has 88 valence electrons. The summed E-state index contributed by atoms with van der Waals surface area (Å²) in [7, 11) is 0. The number of carboxylic acid groups (broad SMARTS) is 1. The predicted octanol–water partition coefficient (Wildman–Crippen LogP) is 3.17. The van der Waals surface area contributed by atoms with E-state index in [9.17, 15) is 9.90 Å². The molecule has 1 unspecified atom stereocenters. The average Bonchev–Trinajstić information content (AvgIpc) is 2.22. The van der Waals surface area contributed by atoms with Crippen molar-refractivity contribution in [1.82, 2.24) is 0 Å². The van der Waals surface area contributed by atoms with Crippen LogP contribution >= 0.6 is 15.9 Å². The third kappa shape index (κ3) is 2.21. The minimum atomic E-state index is -0.914. The van der Waals surface area contributed by atoms with Crippen molar-refractivity contribution in [2.75, 3.05) is 5.73 Å². The van der Waals surface area contributed by atoms with E-state index < -0.39 is 11.4 Å². The molecule has 3 N–H and O–H groups in total. The molecule has 0 saturated carbocycles. The predicted molar refractivity (Wildman–Crippen MR) is 68.5 cm³/mol. The number of nitrogen functional groups attached to an aromatic ring is 1. The molecule has 4 heteroatoms. The Balaban J connectivity index is 3.32. The van der Waals surface area contributed by atoms with Crippen LogP contribution in [-0.2, 0) is 10.2 Å². The molecule has 16 heavy (non-hydrogen) atoms. The second-order valence-corrected chi connectivity index (χ2v) is 4.94. The molecule has 0 saturated heterocycles. The summed E-state index contributed by atoms with van der Waals surface area (Å²) in [6.45, 7) is 3.69. The van der Waals surface area contributed by atoms with Gasteiger partial charge in [0.15, 0.2) is 0 Å². The van der Waals surface area contributed by atoms with Gasteiger partial charge in [0.1, 0.15) is 0 Å². The van der Waals surface area contributed by atoms with Crippen molar-refractivity contribution < 1.29 is 9.90 Å². The van der Waals surface area contributed by atoms with Gasteiger partial charge >= 0.3 is 5.97 Å². The number of anilines is 1. The van der Waals surface area contributed by atoms with Crippen molar-refractivity contribution in [2.45, 2.75) is 32.1 Å². The monoisotopic (exact) mass is 285 g/mol. The fourth-order valence-corrected chi connectivity index (χ4v) is 2.24. The van der Waals surface area contributed by atoms with Gasteiger partial charge in [0.05, 0.1) is 11.1 Å². The Morgan fingerprint density at radius 2 is 2.19 bits per heavy atom. The van der Waals surface area contributed by atoms with Gasteiger partial charge in [-0.2, -0.15) is 0 Å². The van der Waals surface area contributed by atoms with E-state index in [2.05, 4.69) is 15.9 Å². The molecule has 0 spiro atoms. The summed E-state index contributed by atoms with van der Waals surface area (Å²) in [5.41, 5.74) is 6.20. The number of carboxylic acids is 1. The average molecular weight is 286 g/mol. The Morgan fingerprint density at radius 1 is 1.56 bits per heavy atom. The van der Waals surface area contributed by atoms with Crippen molar-refractivity contribution in [3.8, 4) is 0 Å². The van der Waals surface area contributed by atoms with Crippen molar-refractivity contribution in [3.05, 3.63) is 28.2 Å². The maximum atomic E-state index is 11.4. The number of hydrogen-bond donors (Lipinski definition) is 2. The van der Waals surface area contributed by atoms with Gasteiger partial charge in [-0.25, -0.2) is 0 Å². The summed E-state index contributed by atoms with van der Waals surface area (Å²) < 4.78 is 0.744. The Morgan fingerprint density at radius 3 is 2.69 bits per heavy atom. The molecule has 0 fully saturated rings. The normalized spacial score (nSPS) is 14.4. The zero-order chi connectivity index (χ0) is 12.3. The molecular weight excluding hydrogens is 270 g/mol. The molecule has 1 aromatic rings. The topological polar surface area (TPSA) is 63.3 Å². The van der Waals surface area contributed by atoms with Gasteiger partial charge < -0.3 is 10.8 Å². The lowest BCUT2D eigenvalue weighted by molar-refractivity contribution is -0.143. The highest BCUT2D eigenvalue weighted by Crippen LogP contribution is 2.36. The summed E-state index contributed by atoms with van der Waals surface area (Å²) in [5.74, 6) is -0.834. The Labute approximate surface area is 104 Å². The molecule has 0 aromatic heterocycles. The Hall–Kier alpha value is -1.03. The van der Waals surface area contributed by atoms with Crippen LogP contribution in [0.1, 0.15) is 32.3 Å². The van der Waals surface area contributed by atoms with Crippen molar-refractivity contribution >= 4 is 27.6 Å². The summed E-state index contributed by atoms with van der Waals surface area (Å²) >= 11 is 3.32. The van der Waals surface area contributed by atoms with Gasteiger partial charge in [0.2, 0.25) is 0 Å². The molecule has 0 bridgehead atoms. The zero-order valence-corrected chi connectivity index (χ0v) is 11.0. The lowest BCUT2D eigenvalue weighted by atomic mass is 9.78. The van der Waals surface area contributed by atoms with Gasteiger partial charge in [0, 0.05) is 4.47 Å². The highest BCUT2D eigenvalue weighted by atomic mass is 79.9. The van der Waals surface area contributed by atoms with Gasteiger partial charge in [0.25, 0.3) is 0 Å². The van der Waals surface area contributed by atoms with Crippen molar-refractivity contribution in [2.24, 2.45) is 0 Å². The summed E-state index contributed by atoms with van der Waals surface area (Å²) in [6.07, 6.45) is 1.37. The van der Waals surface area contributed by atoms with Crippen LogP contribution in [0.5, 0.6) is 0 Å². The SMILES string of the molecule is CCCC(C)(C(=O)O)c1cccc(Br)c1N. The zero-order valence-electron chi connectivity index (χ0n) is 9.46. The van der Waals surface area contributed by atoms with E-state index in [1.807, 2.05) is 19.1 Å². The molecule has 0 aliphatic carbocycles. The Kier molecular flexibility index (Phi) is 3.97. The Bertz CT molecular complexity index is 406. The largest absolute Gasteiger partial charge is 0.481 e. The van der Waals surface area contributed by atoms with E-state index in [1.165, 1.54) is 0 Å². The third-order valence-electron chi connectivity index (χ3n) is 2.87. The minimum Gasteiger partial charge on any atom is -0.481 e. The number of rotatable bonds is 4. The van der Waals surface area contributed by atoms with E-state index in [4.69, 9.17) is 5.73 Å². The van der Waals surface area contributed by atoms with Crippen molar-refractivity contribution in [3.63, 3.8) is 0 Å². The lowest BCUT2D eigenvalue weighted by Crippen LogP contribution is -2.33. The second kappa shape index (κ2) is 4.87. The van der Waals surface area contributed by atoms with E-state index in [0.29, 0.717) is 17.7 Å². The van der Waals surface area contributed by atoms with Crippen LogP contribution in [0.15, 0.2) is 22.7 Å². The molecule has 3 nitrogen and oxygen atoms in total. The van der Waals surface area contributed by atoms with Crippen LogP contribution in [-0.4, -0.2) is 11.1 Å². The third-order valence-corrected chi connectivity index (χ3v) is 3.56. The molecule has 1 aromatic carbocycles. The number of benzene rings is 1. The first-order valence-electron chi connectivity index (χ1n) is 5.21. The molecule has 0 aliphatic rings. The van der Waals surface area contributed by atoms with Crippen LogP contribution in [0.4, 0.5) is 5.69 Å². The summed E-state index contributed by atoms with van der Waals surface area (Å²) in [5, 5.41) is 9.36. The summed E-state index contributed by atoms with van der Waals surface area (Å²) in [6, 6.07) is 5.41. The van der Waals surface area contributed by atoms with Crippen LogP contribution in [0.25, 0.3) is 0 Å². The fraction of sp³-hybridized carbons (Fsp3) is 0.417. The molecule has 0 amide bonds. The van der Waals surface area contributed by atoms with Crippen LogP contribution in [0.2, 0.25) is 0 Å². The van der Waals surface area contributed by atoms with E-state index in [-0.39, 0.29) is 0 Å². The van der Waals surface area contributed by atoms with Gasteiger partial charge in [-0.15, -0.1) is 0 Å². The summed E-state index contributed by atoms with van der Waals surface area (Å²) in [4.78, 5) is 11.4. The van der Waals surface area contributed by atoms with E-state index in [0.717, 1.165) is 10.9 Å². The number of hydrogen-bond acceptors (Lipinski definition) is 2. The van der Waals surface area contributed by atoms with E-state index in [1.54, 1.807) is 13.0 Å². The lowest BCUT2D eigenvalue weighted by Gasteiger charge is -2.26. The minimum absolute atomic E-state index is 0.515. The molecular formula is C12H16BrNO2. The molecule has 0 heterocycles. The number of aliphatic carboxylic acids is 1. The van der Waals surface area contributed by atoms with Gasteiger partial charge in [-0.3, -0.25) is 4.79 Å². The van der Waals surface area contributed by atoms with Gasteiger partial charge in [-0.05, 0) is 40.9 Å². The molecule has 1 atom stereocenters.